The third-order valence-corrected chi connectivity index (χ3v) is 3.57. The summed E-state index contributed by atoms with van der Waals surface area (Å²) in [6.07, 6.45) is 3.41. The van der Waals surface area contributed by atoms with Crippen LogP contribution in [-0.4, -0.2) is 42.3 Å². The van der Waals surface area contributed by atoms with Crippen molar-refractivity contribution < 1.29 is 0 Å². The molecule has 1 unspecified atom stereocenters. The topological polar surface area (TPSA) is 68.5 Å². The molecule has 0 bridgehead atoms. The molecule has 1 N–H and O–H groups in total. The number of halogens is 1. The van der Waals surface area contributed by atoms with Crippen molar-refractivity contribution >= 4 is 29.3 Å². The first-order chi connectivity index (χ1) is 9.19. The fourth-order valence-electron chi connectivity index (χ4n) is 1.45. The lowest BCUT2D eigenvalue weighted by Gasteiger charge is -2.13. The molecular weight excluding hydrogens is 284 g/mol. The molecule has 0 aromatic carbocycles. The number of aromatic nitrogens is 5. The van der Waals surface area contributed by atoms with Crippen molar-refractivity contribution in [3.63, 3.8) is 0 Å². The molecule has 8 heteroatoms. The molecule has 0 saturated heterocycles. The van der Waals surface area contributed by atoms with Gasteiger partial charge in [-0.25, -0.2) is 4.68 Å². The maximum atomic E-state index is 5.91. The van der Waals surface area contributed by atoms with Gasteiger partial charge in [0, 0.05) is 24.2 Å². The highest BCUT2D eigenvalue weighted by Gasteiger charge is 2.09. The number of rotatable bonds is 6. The summed E-state index contributed by atoms with van der Waals surface area (Å²) < 4.78 is 1.55. The second-order valence-corrected chi connectivity index (χ2v) is 5.54. The highest BCUT2D eigenvalue weighted by atomic mass is 35.5. The monoisotopic (exact) mass is 298 g/mol. The maximum absolute atomic E-state index is 5.91. The Kier molecular flexibility index (Phi) is 4.98. The molecule has 6 nitrogen and oxygen atoms in total. The minimum absolute atomic E-state index is 0.151. The molecule has 102 valence electrons. The Morgan fingerprint density at radius 3 is 2.95 bits per heavy atom. The molecule has 1 atom stereocenters. The third kappa shape index (κ3) is 4.07. The summed E-state index contributed by atoms with van der Waals surface area (Å²) in [5.41, 5.74) is 0. The van der Waals surface area contributed by atoms with Crippen molar-refractivity contribution in [2.24, 2.45) is 0 Å². The van der Waals surface area contributed by atoms with Crippen LogP contribution in [0.25, 0.3) is 5.95 Å². The lowest BCUT2D eigenvalue weighted by molar-refractivity contribution is 0.787. The van der Waals surface area contributed by atoms with E-state index in [-0.39, 0.29) is 11.3 Å². The Morgan fingerprint density at radius 2 is 2.26 bits per heavy atom. The maximum Gasteiger partial charge on any atom is 0.256 e. The standard InChI is InChI=1S/C11H15ClN6S/c1-3-19-7-8(2)14-10-15-9(12)16-11(17-10)18-6-4-5-13-18/h4-6,8H,3,7H2,1-2H3,(H,14,15,16,17). The van der Waals surface area contributed by atoms with Gasteiger partial charge in [-0.2, -0.15) is 31.8 Å². The van der Waals surface area contributed by atoms with Crippen LogP contribution >= 0.6 is 23.4 Å². The van der Waals surface area contributed by atoms with Crippen molar-refractivity contribution in [1.29, 1.82) is 0 Å². The molecular formula is C11H15ClN6S. The van der Waals surface area contributed by atoms with Crippen LogP contribution in [0.1, 0.15) is 13.8 Å². The number of hydrogen-bond donors (Lipinski definition) is 1. The van der Waals surface area contributed by atoms with E-state index in [1.165, 1.54) is 0 Å². The van der Waals surface area contributed by atoms with E-state index < -0.39 is 0 Å². The molecule has 0 amide bonds. The number of nitrogens with zero attached hydrogens (tertiary/aromatic N) is 5. The number of thioether (sulfide) groups is 1. The van der Waals surface area contributed by atoms with E-state index in [0.29, 0.717) is 11.9 Å². The van der Waals surface area contributed by atoms with Crippen molar-refractivity contribution in [2.75, 3.05) is 16.8 Å². The zero-order valence-electron chi connectivity index (χ0n) is 10.7. The normalized spacial score (nSPS) is 12.4. The number of hydrogen-bond acceptors (Lipinski definition) is 6. The van der Waals surface area contributed by atoms with Gasteiger partial charge in [0.15, 0.2) is 0 Å². The molecule has 2 heterocycles. The molecule has 0 spiro atoms. The van der Waals surface area contributed by atoms with Crippen LogP contribution in [0, 0.1) is 0 Å². The predicted octanol–water partition coefficient (Wildman–Crippen LogP) is 2.26. The van der Waals surface area contributed by atoms with Gasteiger partial charge in [0.1, 0.15) is 0 Å². The molecule has 2 aromatic rings. The average Bonchev–Trinajstić information content (AvgIpc) is 2.89. The molecule has 0 aliphatic rings. The average molecular weight is 299 g/mol. The highest BCUT2D eigenvalue weighted by Crippen LogP contribution is 2.11. The largest absolute Gasteiger partial charge is 0.351 e. The van der Waals surface area contributed by atoms with E-state index in [0.717, 1.165) is 11.5 Å². The summed E-state index contributed by atoms with van der Waals surface area (Å²) in [7, 11) is 0. The van der Waals surface area contributed by atoms with Crippen molar-refractivity contribution in [2.45, 2.75) is 19.9 Å². The summed E-state index contributed by atoms with van der Waals surface area (Å²) in [5.74, 6) is 2.94. The van der Waals surface area contributed by atoms with Crippen LogP contribution in [0.4, 0.5) is 5.95 Å². The van der Waals surface area contributed by atoms with Gasteiger partial charge in [0.05, 0.1) is 0 Å². The fraction of sp³-hybridized carbons (Fsp3) is 0.455. The number of anilines is 1. The van der Waals surface area contributed by atoms with E-state index in [9.17, 15) is 0 Å². The summed E-state index contributed by atoms with van der Waals surface area (Å²) >= 11 is 7.76. The Balaban J connectivity index is 2.13. The minimum Gasteiger partial charge on any atom is -0.351 e. The van der Waals surface area contributed by atoms with Gasteiger partial charge in [-0.1, -0.05) is 6.92 Å². The van der Waals surface area contributed by atoms with Gasteiger partial charge in [-0.15, -0.1) is 0 Å². The molecule has 0 aliphatic carbocycles. The van der Waals surface area contributed by atoms with Gasteiger partial charge < -0.3 is 5.32 Å². The first kappa shape index (κ1) is 14.1. The van der Waals surface area contributed by atoms with Gasteiger partial charge >= 0.3 is 0 Å². The summed E-state index contributed by atoms with van der Waals surface area (Å²) in [5, 5.41) is 7.43. The molecule has 19 heavy (non-hydrogen) atoms. The molecule has 2 aromatic heterocycles. The Hall–Kier alpha value is -1.34. The van der Waals surface area contributed by atoms with Crippen molar-refractivity contribution in [3.8, 4) is 5.95 Å². The first-order valence-electron chi connectivity index (χ1n) is 5.95. The van der Waals surface area contributed by atoms with Crippen LogP contribution in [0.5, 0.6) is 0 Å². The van der Waals surface area contributed by atoms with Crippen molar-refractivity contribution in [1.82, 2.24) is 24.7 Å². The molecule has 0 saturated carbocycles. The summed E-state index contributed by atoms with van der Waals surface area (Å²) in [4.78, 5) is 12.4. The third-order valence-electron chi connectivity index (χ3n) is 2.25. The Bertz CT molecular complexity index is 518. The smallest absolute Gasteiger partial charge is 0.256 e. The minimum atomic E-state index is 0.151. The van der Waals surface area contributed by atoms with E-state index in [4.69, 9.17) is 11.6 Å². The SMILES string of the molecule is CCSCC(C)Nc1nc(Cl)nc(-n2cccn2)n1. The lowest BCUT2D eigenvalue weighted by Crippen LogP contribution is -2.20. The first-order valence-corrected chi connectivity index (χ1v) is 7.48. The highest BCUT2D eigenvalue weighted by molar-refractivity contribution is 7.99. The number of nitrogens with one attached hydrogen (secondary N) is 1. The summed E-state index contributed by atoms with van der Waals surface area (Å²) in [6, 6.07) is 2.06. The van der Waals surface area contributed by atoms with Crippen molar-refractivity contribution in [3.05, 3.63) is 23.7 Å². The van der Waals surface area contributed by atoms with E-state index >= 15 is 0 Å². The summed E-state index contributed by atoms with van der Waals surface area (Å²) in [6.45, 7) is 4.21. The van der Waals surface area contributed by atoms with E-state index in [1.807, 2.05) is 11.8 Å². The molecule has 0 aliphatic heterocycles. The van der Waals surface area contributed by atoms with E-state index in [2.05, 4.69) is 39.2 Å². The van der Waals surface area contributed by atoms with Gasteiger partial charge in [-0.05, 0) is 30.3 Å². The predicted molar refractivity (Wildman–Crippen MR) is 78.0 cm³/mol. The van der Waals surface area contributed by atoms with Crippen LogP contribution in [-0.2, 0) is 0 Å². The second kappa shape index (κ2) is 6.72. The molecule has 0 fully saturated rings. The van der Waals surface area contributed by atoms with E-state index in [1.54, 1.807) is 23.1 Å². The Morgan fingerprint density at radius 1 is 1.42 bits per heavy atom. The van der Waals surface area contributed by atoms with Gasteiger partial charge in [-0.3, -0.25) is 0 Å². The van der Waals surface area contributed by atoms with Crippen LogP contribution in [0.3, 0.4) is 0 Å². The second-order valence-electron chi connectivity index (χ2n) is 3.88. The molecule has 0 radical (unpaired) electrons. The van der Waals surface area contributed by atoms with Gasteiger partial charge in [0.2, 0.25) is 11.2 Å². The zero-order chi connectivity index (χ0) is 13.7. The lowest BCUT2D eigenvalue weighted by atomic mass is 10.4. The quantitative estimate of drug-likeness (QED) is 0.882. The fourth-order valence-corrected chi connectivity index (χ4v) is 2.28. The Labute approximate surface area is 121 Å². The van der Waals surface area contributed by atoms with Crippen LogP contribution in [0.2, 0.25) is 5.28 Å². The van der Waals surface area contributed by atoms with Crippen LogP contribution < -0.4 is 5.32 Å². The molecule has 2 rings (SSSR count). The van der Waals surface area contributed by atoms with Gasteiger partial charge in [0.25, 0.3) is 5.95 Å². The van der Waals surface area contributed by atoms with Crippen LogP contribution in [0.15, 0.2) is 18.5 Å². The zero-order valence-corrected chi connectivity index (χ0v) is 12.3.